The van der Waals surface area contributed by atoms with Crippen LogP contribution in [0.5, 0.6) is 5.75 Å². The minimum atomic E-state index is -1.59. The topological polar surface area (TPSA) is 208 Å². The summed E-state index contributed by atoms with van der Waals surface area (Å²) in [6.07, 6.45) is -0.682. The van der Waals surface area contributed by atoms with Crippen molar-refractivity contribution < 1.29 is 39.3 Å². The van der Waals surface area contributed by atoms with Crippen molar-refractivity contribution in [2.75, 3.05) is 5.75 Å². The van der Waals surface area contributed by atoms with Gasteiger partial charge in [0, 0.05) is 5.75 Å². The molecule has 0 fully saturated rings. The molecule has 188 valence electrons. The van der Waals surface area contributed by atoms with Gasteiger partial charge in [-0.05, 0) is 30.0 Å². The molecule has 0 aliphatic rings. The van der Waals surface area contributed by atoms with Crippen LogP contribution in [0.15, 0.2) is 24.3 Å². The number of hydrogen-bond acceptors (Lipinski definition) is 8. The van der Waals surface area contributed by atoms with E-state index in [9.17, 15) is 29.1 Å². The van der Waals surface area contributed by atoms with E-state index in [0.29, 0.717) is 5.56 Å². The number of carbonyl (C=O) groups is 5. The summed E-state index contributed by atoms with van der Waals surface area (Å²) in [4.78, 5) is 60.1. The molecule has 0 heterocycles. The van der Waals surface area contributed by atoms with E-state index in [4.69, 9.17) is 15.9 Å². The molecule has 34 heavy (non-hydrogen) atoms. The summed E-state index contributed by atoms with van der Waals surface area (Å²) >= 11 is 3.82. The minimum Gasteiger partial charge on any atom is -0.508 e. The molecule has 1 aromatic carbocycles. The van der Waals surface area contributed by atoms with Gasteiger partial charge in [0.15, 0.2) is 0 Å². The Balaban J connectivity index is 2.90. The summed E-state index contributed by atoms with van der Waals surface area (Å²) in [5.41, 5.74) is 6.62. The van der Waals surface area contributed by atoms with Crippen molar-refractivity contribution in [1.82, 2.24) is 16.0 Å². The summed E-state index contributed by atoms with van der Waals surface area (Å²) < 4.78 is 0. The molecule has 0 radical (unpaired) electrons. The van der Waals surface area contributed by atoms with Gasteiger partial charge in [0.1, 0.15) is 23.9 Å². The van der Waals surface area contributed by atoms with Crippen LogP contribution in [0.1, 0.15) is 25.8 Å². The quantitative estimate of drug-likeness (QED) is 0.154. The normalized spacial score (nSPS) is 14.4. The molecule has 4 unspecified atom stereocenters. The van der Waals surface area contributed by atoms with Gasteiger partial charge in [-0.15, -0.1) is 0 Å². The van der Waals surface area contributed by atoms with Gasteiger partial charge in [0.25, 0.3) is 0 Å². The fourth-order valence-corrected chi connectivity index (χ4v) is 3.12. The first-order valence-electron chi connectivity index (χ1n) is 10.4. The predicted molar refractivity (Wildman–Crippen MR) is 124 cm³/mol. The summed E-state index contributed by atoms with van der Waals surface area (Å²) in [5.74, 6) is -5.93. The lowest BCUT2D eigenvalue weighted by Crippen LogP contribution is -2.59. The van der Waals surface area contributed by atoms with E-state index in [1.807, 2.05) is 0 Å². The Morgan fingerprint density at radius 1 is 0.912 bits per heavy atom. The molecule has 0 bridgehead atoms. The second-order valence-corrected chi connectivity index (χ2v) is 8.31. The molecular formula is C21H30N4O8S. The zero-order valence-electron chi connectivity index (χ0n) is 18.7. The van der Waals surface area contributed by atoms with E-state index in [1.54, 1.807) is 26.0 Å². The third-order valence-electron chi connectivity index (χ3n) is 4.78. The molecule has 0 aliphatic carbocycles. The van der Waals surface area contributed by atoms with Crippen LogP contribution < -0.4 is 21.7 Å². The van der Waals surface area contributed by atoms with Crippen LogP contribution in [0.2, 0.25) is 0 Å². The molecule has 8 N–H and O–H groups in total. The second-order valence-electron chi connectivity index (χ2n) is 7.95. The number of rotatable bonds is 13. The van der Waals surface area contributed by atoms with Gasteiger partial charge in [-0.2, -0.15) is 12.6 Å². The second kappa shape index (κ2) is 13.4. The first kappa shape index (κ1) is 28.7. The Morgan fingerprint density at radius 3 is 1.94 bits per heavy atom. The van der Waals surface area contributed by atoms with E-state index < -0.39 is 66.2 Å². The molecule has 13 heteroatoms. The number of thiol groups is 1. The maximum atomic E-state index is 12.8. The van der Waals surface area contributed by atoms with Crippen molar-refractivity contribution in [3.63, 3.8) is 0 Å². The lowest BCUT2D eigenvalue weighted by molar-refractivity contribution is -0.143. The van der Waals surface area contributed by atoms with Crippen LogP contribution in [0.25, 0.3) is 0 Å². The Labute approximate surface area is 201 Å². The van der Waals surface area contributed by atoms with Crippen LogP contribution in [-0.2, 0) is 30.4 Å². The van der Waals surface area contributed by atoms with Gasteiger partial charge in [0.2, 0.25) is 17.7 Å². The Kier molecular flexibility index (Phi) is 11.3. The number of nitrogens with two attached hydrogens (primary N) is 1. The average molecular weight is 499 g/mol. The molecule has 0 saturated carbocycles. The molecule has 1 aromatic rings. The maximum absolute atomic E-state index is 12.8. The van der Waals surface area contributed by atoms with Gasteiger partial charge in [-0.3, -0.25) is 19.2 Å². The monoisotopic (exact) mass is 498 g/mol. The lowest BCUT2D eigenvalue weighted by atomic mass is 10.0. The zero-order valence-corrected chi connectivity index (χ0v) is 19.6. The number of carboxylic acid groups (broad SMARTS) is 2. The fraction of sp³-hybridized carbons (Fsp3) is 0.476. The minimum absolute atomic E-state index is 0.0577. The summed E-state index contributed by atoms with van der Waals surface area (Å²) in [5, 5.41) is 34.4. The SMILES string of the molecule is CC(C)C(NC(=O)C(N)Cc1ccc(O)cc1)C(=O)NC(CC(=O)O)C(=O)NC(CS)C(=O)O. The first-order chi connectivity index (χ1) is 15.8. The first-order valence-corrected chi connectivity index (χ1v) is 11.0. The van der Waals surface area contributed by atoms with Crippen molar-refractivity contribution in [3.8, 4) is 5.75 Å². The number of phenols is 1. The van der Waals surface area contributed by atoms with Gasteiger partial charge >= 0.3 is 11.9 Å². The summed E-state index contributed by atoms with van der Waals surface area (Å²) in [6, 6.07) is 0.934. The van der Waals surface area contributed by atoms with Crippen LogP contribution in [0.3, 0.4) is 0 Å². The lowest BCUT2D eigenvalue weighted by Gasteiger charge is -2.26. The van der Waals surface area contributed by atoms with Crippen molar-refractivity contribution in [3.05, 3.63) is 29.8 Å². The smallest absolute Gasteiger partial charge is 0.327 e. The molecular weight excluding hydrogens is 468 g/mol. The third-order valence-corrected chi connectivity index (χ3v) is 5.15. The molecule has 12 nitrogen and oxygen atoms in total. The van der Waals surface area contributed by atoms with E-state index in [2.05, 4.69) is 28.6 Å². The van der Waals surface area contributed by atoms with Crippen molar-refractivity contribution in [2.24, 2.45) is 11.7 Å². The number of carbonyl (C=O) groups excluding carboxylic acids is 3. The van der Waals surface area contributed by atoms with Gasteiger partial charge in [-0.25, -0.2) is 4.79 Å². The number of amides is 3. The molecule has 0 saturated heterocycles. The molecule has 0 spiro atoms. The number of aromatic hydroxyl groups is 1. The maximum Gasteiger partial charge on any atom is 0.327 e. The zero-order chi connectivity index (χ0) is 26.0. The number of carboxylic acids is 2. The molecule has 0 aromatic heterocycles. The highest BCUT2D eigenvalue weighted by molar-refractivity contribution is 7.80. The Bertz CT molecular complexity index is 893. The standard InChI is InChI=1S/C21H30N4O8S/c1-10(2)17(25-18(29)13(22)7-11-3-5-12(26)6-4-11)20(31)23-14(8-16(27)28)19(30)24-15(9-34)21(32)33/h3-6,10,13-15,17,26,34H,7-9,22H2,1-2H3,(H,23,31)(H,24,30)(H,25,29)(H,27,28)(H,32,33). The van der Waals surface area contributed by atoms with E-state index >= 15 is 0 Å². The fourth-order valence-electron chi connectivity index (χ4n) is 2.88. The molecule has 0 aliphatic heterocycles. The summed E-state index contributed by atoms with van der Waals surface area (Å²) in [6.45, 7) is 3.26. The summed E-state index contributed by atoms with van der Waals surface area (Å²) in [7, 11) is 0. The van der Waals surface area contributed by atoms with Crippen molar-refractivity contribution >= 4 is 42.3 Å². The largest absolute Gasteiger partial charge is 0.508 e. The van der Waals surface area contributed by atoms with Crippen LogP contribution in [-0.4, -0.2) is 74.9 Å². The van der Waals surface area contributed by atoms with E-state index in [-0.39, 0.29) is 17.9 Å². The van der Waals surface area contributed by atoms with Crippen LogP contribution in [0.4, 0.5) is 0 Å². The van der Waals surface area contributed by atoms with Crippen molar-refractivity contribution in [2.45, 2.75) is 50.9 Å². The van der Waals surface area contributed by atoms with E-state index in [0.717, 1.165) is 0 Å². The van der Waals surface area contributed by atoms with Gasteiger partial charge in [-0.1, -0.05) is 26.0 Å². The Morgan fingerprint density at radius 2 is 1.47 bits per heavy atom. The highest BCUT2D eigenvalue weighted by Gasteiger charge is 2.32. The van der Waals surface area contributed by atoms with Crippen molar-refractivity contribution in [1.29, 1.82) is 0 Å². The van der Waals surface area contributed by atoms with Crippen LogP contribution in [0, 0.1) is 5.92 Å². The number of benzene rings is 1. The van der Waals surface area contributed by atoms with E-state index in [1.165, 1.54) is 12.1 Å². The number of aliphatic carboxylic acids is 2. The third kappa shape index (κ3) is 9.27. The number of hydrogen-bond donors (Lipinski definition) is 8. The predicted octanol–water partition coefficient (Wildman–Crippen LogP) is -1.14. The average Bonchev–Trinajstić information content (AvgIpc) is 2.75. The molecule has 3 amide bonds. The molecule has 4 atom stereocenters. The highest BCUT2D eigenvalue weighted by Crippen LogP contribution is 2.11. The number of phenolic OH excluding ortho intramolecular Hbond substituents is 1. The van der Waals surface area contributed by atoms with Gasteiger partial charge < -0.3 is 37.0 Å². The molecule has 1 rings (SSSR count). The highest BCUT2D eigenvalue weighted by atomic mass is 32.1. The Hall–Kier alpha value is -3.32. The van der Waals surface area contributed by atoms with Crippen LogP contribution >= 0.6 is 12.6 Å². The van der Waals surface area contributed by atoms with Gasteiger partial charge in [0.05, 0.1) is 12.5 Å². The number of nitrogens with one attached hydrogen (secondary N) is 3.